The zero-order chi connectivity index (χ0) is 11.0. The number of piperidine rings is 2. The van der Waals surface area contributed by atoms with Crippen molar-refractivity contribution in [2.24, 2.45) is 11.8 Å². The Morgan fingerprint density at radius 1 is 1.38 bits per heavy atom. The zero-order valence-electron chi connectivity index (χ0n) is 8.82. The van der Waals surface area contributed by atoms with Crippen molar-refractivity contribution in [3.8, 4) is 5.88 Å². The van der Waals surface area contributed by atoms with Crippen molar-refractivity contribution >= 4 is 22.6 Å². The summed E-state index contributed by atoms with van der Waals surface area (Å²) in [7, 11) is 1.54. The van der Waals surface area contributed by atoms with Gasteiger partial charge in [0.25, 0.3) is 0 Å². The van der Waals surface area contributed by atoms with Crippen LogP contribution in [0.5, 0.6) is 5.88 Å². The summed E-state index contributed by atoms with van der Waals surface area (Å²) in [4.78, 5) is 4.21. The molecule has 2 unspecified atom stereocenters. The molecule has 86 valence electrons. The summed E-state index contributed by atoms with van der Waals surface area (Å²) >= 11 is 4.24. The summed E-state index contributed by atoms with van der Waals surface area (Å²) in [6, 6.07) is 5.81. The molecular weight excluding hydrogens is 240 g/mol. The second kappa shape index (κ2) is 4.47. The van der Waals surface area contributed by atoms with Gasteiger partial charge in [-0.05, 0) is 23.5 Å². The van der Waals surface area contributed by atoms with Crippen LogP contribution in [0, 0.1) is 11.8 Å². The number of ether oxygens (including phenoxy) is 1. The fraction of sp³-hybridized carbons (Fsp3) is 0.545. The van der Waals surface area contributed by atoms with E-state index >= 15 is 0 Å². The predicted molar refractivity (Wildman–Crippen MR) is 68.4 cm³/mol. The van der Waals surface area contributed by atoms with Gasteiger partial charge in [-0.1, -0.05) is 17.7 Å². The van der Waals surface area contributed by atoms with E-state index in [0.717, 1.165) is 19.0 Å². The second-order valence-electron chi connectivity index (χ2n) is 4.43. The summed E-state index contributed by atoms with van der Waals surface area (Å²) in [5.74, 6) is 2.06. The average molecular weight is 254 g/mol. The highest BCUT2D eigenvalue weighted by atomic mass is 33.1. The van der Waals surface area contributed by atoms with Crippen LogP contribution in [0.2, 0.25) is 0 Å². The van der Waals surface area contributed by atoms with E-state index in [9.17, 15) is 0 Å². The van der Waals surface area contributed by atoms with E-state index < -0.39 is 0 Å². The molecule has 3 nitrogen and oxygen atoms in total. The maximum absolute atomic E-state index is 5.94. The topological polar surface area (TPSA) is 25.4 Å². The SMILES string of the molecule is SSN1CC2CC(C1)C2Oc1ccccn1. The predicted octanol–water partition coefficient (Wildman–Crippen LogP) is 2.27. The van der Waals surface area contributed by atoms with Crippen molar-refractivity contribution in [1.82, 2.24) is 9.29 Å². The van der Waals surface area contributed by atoms with Crippen molar-refractivity contribution in [2.75, 3.05) is 13.1 Å². The standard InChI is InChI=1S/C11H14N2OS2/c15-16-13-6-8-5-9(7-13)11(8)14-10-3-1-2-4-12-10/h1-4,8-9,11,15H,5-7H2. The molecule has 0 spiro atoms. The van der Waals surface area contributed by atoms with Crippen LogP contribution < -0.4 is 4.74 Å². The summed E-state index contributed by atoms with van der Waals surface area (Å²) in [6.07, 6.45) is 3.44. The van der Waals surface area contributed by atoms with E-state index in [1.807, 2.05) is 18.2 Å². The Hall–Kier alpha value is -0.390. The van der Waals surface area contributed by atoms with E-state index in [4.69, 9.17) is 4.74 Å². The highest BCUT2D eigenvalue weighted by molar-refractivity contribution is 8.67. The van der Waals surface area contributed by atoms with E-state index in [1.165, 1.54) is 6.42 Å². The van der Waals surface area contributed by atoms with Gasteiger partial charge in [0.05, 0.1) is 0 Å². The van der Waals surface area contributed by atoms with Crippen molar-refractivity contribution in [3.05, 3.63) is 24.4 Å². The molecule has 2 bridgehead atoms. The zero-order valence-corrected chi connectivity index (χ0v) is 10.5. The van der Waals surface area contributed by atoms with Crippen molar-refractivity contribution in [3.63, 3.8) is 0 Å². The molecule has 1 saturated carbocycles. The molecule has 2 atom stereocenters. The second-order valence-corrected chi connectivity index (χ2v) is 5.60. The summed E-state index contributed by atoms with van der Waals surface area (Å²) < 4.78 is 8.24. The number of pyridine rings is 1. The average Bonchev–Trinajstić information content (AvgIpc) is 2.37. The monoisotopic (exact) mass is 254 g/mol. The normalized spacial score (nSPS) is 33.2. The molecule has 3 aliphatic rings. The Morgan fingerprint density at radius 2 is 2.19 bits per heavy atom. The molecule has 0 aromatic carbocycles. The number of thiol groups is 1. The summed E-state index contributed by atoms with van der Waals surface area (Å²) in [6.45, 7) is 2.17. The van der Waals surface area contributed by atoms with Crippen LogP contribution in [0.3, 0.4) is 0 Å². The van der Waals surface area contributed by atoms with E-state index in [1.54, 1.807) is 17.2 Å². The smallest absolute Gasteiger partial charge is 0.213 e. The van der Waals surface area contributed by atoms with Crippen molar-refractivity contribution < 1.29 is 4.74 Å². The molecule has 1 aliphatic carbocycles. The molecule has 1 aromatic heterocycles. The third kappa shape index (κ3) is 1.92. The fourth-order valence-electron chi connectivity index (χ4n) is 2.62. The molecule has 4 rings (SSSR count). The minimum atomic E-state index is 0.367. The minimum Gasteiger partial charge on any atom is -0.474 e. The Bertz CT molecular complexity index is 350. The number of hydrogen-bond acceptors (Lipinski definition) is 5. The van der Waals surface area contributed by atoms with Gasteiger partial charge in [0.2, 0.25) is 5.88 Å². The van der Waals surface area contributed by atoms with Crippen molar-refractivity contribution in [2.45, 2.75) is 12.5 Å². The Labute approximate surface area is 105 Å². The van der Waals surface area contributed by atoms with Gasteiger partial charge in [0.15, 0.2) is 0 Å². The lowest BCUT2D eigenvalue weighted by Crippen LogP contribution is -2.58. The fourth-order valence-corrected chi connectivity index (χ4v) is 3.53. The summed E-state index contributed by atoms with van der Waals surface area (Å²) in [5, 5.41) is 0. The van der Waals surface area contributed by atoms with Gasteiger partial charge in [0, 0.05) is 37.2 Å². The molecular formula is C11H14N2OS2. The lowest BCUT2D eigenvalue weighted by Gasteiger charge is -2.51. The molecule has 1 aromatic rings. The molecule has 0 radical (unpaired) electrons. The summed E-state index contributed by atoms with van der Waals surface area (Å²) in [5.41, 5.74) is 0. The number of aromatic nitrogens is 1. The Morgan fingerprint density at radius 3 is 2.81 bits per heavy atom. The van der Waals surface area contributed by atoms with Crippen molar-refractivity contribution in [1.29, 1.82) is 0 Å². The van der Waals surface area contributed by atoms with Crippen LogP contribution in [0.15, 0.2) is 24.4 Å². The van der Waals surface area contributed by atoms with Gasteiger partial charge in [0.1, 0.15) is 6.10 Å². The largest absolute Gasteiger partial charge is 0.474 e. The number of nitrogens with zero attached hydrogens (tertiary/aromatic N) is 2. The van der Waals surface area contributed by atoms with E-state index in [2.05, 4.69) is 20.9 Å². The highest BCUT2D eigenvalue weighted by Gasteiger charge is 2.48. The number of fused-ring (bicyclic) bond motifs is 2. The first-order chi connectivity index (χ1) is 7.86. The Kier molecular flexibility index (Phi) is 3.00. The van der Waals surface area contributed by atoms with Gasteiger partial charge in [-0.2, -0.15) is 0 Å². The lowest BCUT2D eigenvalue weighted by molar-refractivity contribution is -0.0694. The van der Waals surface area contributed by atoms with Gasteiger partial charge < -0.3 is 4.74 Å². The molecule has 0 amide bonds. The van der Waals surface area contributed by atoms with Gasteiger partial charge in [-0.15, -0.1) is 0 Å². The molecule has 3 heterocycles. The van der Waals surface area contributed by atoms with Crippen LogP contribution in [0.4, 0.5) is 0 Å². The first-order valence-electron chi connectivity index (χ1n) is 5.51. The van der Waals surface area contributed by atoms with Crippen LogP contribution in [-0.2, 0) is 0 Å². The maximum atomic E-state index is 5.94. The van der Waals surface area contributed by atoms with Gasteiger partial charge in [-0.25, -0.2) is 9.29 Å². The third-order valence-electron chi connectivity index (χ3n) is 3.42. The van der Waals surface area contributed by atoms with Crippen LogP contribution in [-0.4, -0.2) is 28.5 Å². The minimum absolute atomic E-state index is 0.367. The quantitative estimate of drug-likeness (QED) is 0.508. The molecule has 3 fully saturated rings. The first-order valence-corrected chi connectivity index (χ1v) is 7.33. The lowest BCUT2D eigenvalue weighted by atomic mass is 9.69. The number of rotatable bonds is 3. The van der Waals surface area contributed by atoms with E-state index in [0.29, 0.717) is 17.9 Å². The highest BCUT2D eigenvalue weighted by Crippen LogP contribution is 2.44. The molecule has 2 aliphatic heterocycles. The molecule has 2 saturated heterocycles. The molecule has 16 heavy (non-hydrogen) atoms. The third-order valence-corrected chi connectivity index (χ3v) is 4.64. The van der Waals surface area contributed by atoms with Crippen LogP contribution in [0.25, 0.3) is 0 Å². The Balaban J connectivity index is 1.63. The van der Waals surface area contributed by atoms with Crippen LogP contribution >= 0.6 is 22.6 Å². The maximum Gasteiger partial charge on any atom is 0.213 e. The van der Waals surface area contributed by atoms with E-state index in [-0.39, 0.29) is 0 Å². The van der Waals surface area contributed by atoms with Gasteiger partial charge >= 0.3 is 0 Å². The number of hydrogen-bond donors (Lipinski definition) is 1. The van der Waals surface area contributed by atoms with Crippen LogP contribution in [0.1, 0.15) is 6.42 Å². The first kappa shape index (κ1) is 10.7. The van der Waals surface area contributed by atoms with Gasteiger partial charge in [-0.3, -0.25) is 0 Å². The molecule has 0 N–H and O–H groups in total. The molecule has 5 heteroatoms.